The summed E-state index contributed by atoms with van der Waals surface area (Å²) in [5.74, 6) is 1.81. The molecule has 0 spiro atoms. The Bertz CT molecular complexity index is 156. The monoisotopic (exact) mass is 218 g/mol. The van der Waals surface area contributed by atoms with Gasteiger partial charge in [-0.2, -0.15) is 0 Å². The van der Waals surface area contributed by atoms with Crippen molar-refractivity contribution in [2.75, 3.05) is 13.7 Å². The largest absolute Gasteiger partial charge is 0.397 e. The van der Waals surface area contributed by atoms with Crippen LogP contribution in [0.15, 0.2) is 0 Å². The molecule has 0 saturated carbocycles. The molecule has 0 radical (unpaired) electrons. The van der Waals surface area contributed by atoms with E-state index in [1.54, 1.807) is 14.0 Å². The maximum atomic E-state index is 7.57. The van der Waals surface area contributed by atoms with Crippen LogP contribution in [0.25, 0.3) is 0 Å². The molecule has 1 fully saturated rings. The Labute approximate surface area is 93.8 Å². The van der Waals surface area contributed by atoms with Gasteiger partial charge >= 0.3 is 0 Å². The first-order valence-corrected chi connectivity index (χ1v) is 5.78. The summed E-state index contributed by atoms with van der Waals surface area (Å²) in [6.45, 7) is 10.8. The highest BCUT2D eigenvalue weighted by atomic mass is 16.7. The zero-order valence-corrected chi connectivity index (χ0v) is 10.9. The lowest BCUT2D eigenvalue weighted by Gasteiger charge is -2.41. The maximum absolute atomic E-state index is 7.57. The van der Waals surface area contributed by atoms with E-state index in [1.807, 2.05) is 0 Å². The van der Waals surface area contributed by atoms with Crippen LogP contribution in [-0.2, 0) is 9.47 Å². The molecule has 0 aromatic heterocycles. The summed E-state index contributed by atoms with van der Waals surface area (Å²) in [5, 5.41) is 7.57. The van der Waals surface area contributed by atoms with Crippen molar-refractivity contribution in [2.45, 2.75) is 47.0 Å². The van der Waals surface area contributed by atoms with E-state index in [9.17, 15) is 0 Å². The van der Waals surface area contributed by atoms with Gasteiger partial charge in [0.2, 0.25) is 0 Å². The summed E-state index contributed by atoms with van der Waals surface area (Å²) in [6, 6.07) is 0. The molecule has 0 aromatic carbocycles. The molecule has 0 aliphatic carbocycles. The van der Waals surface area contributed by atoms with E-state index in [-0.39, 0.29) is 12.9 Å². The Morgan fingerprint density at radius 3 is 1.93 bits per heavy atom. The molecule has 1 saturated heterocycles. The molecule has 2 unspecified atom stereocenters. The molecular weight excluding hydrogens is 192 g/mol. The van der Waals surface area contributed by atoms with Gasteiger partial charge in [-0.3, -0.25) is 0 Å². The lowest BCUT2D eigenvalue weighted by molar-refractivity contribution is -0.232. The van der Waals surface area contributed by atoms with Crippen molar-refractivity contribution in [1.29, 1.82) is 0 Å². The second-order valence-electron chi connectivity index (χ2n) is 4.34. The summed E-state index contributed by atoms with van der Waals surface area (Å²) in [6.07, 6.45) is 0.312. The number of methoxy groups -OCH3 is 1. The van der Waals surface area contributed by atoms with Crippen molar-refractivity contribution >= 4 is 0 Å². The Kier molecular flexibility index (Phi) is 7.14. The van der Waals surface area contributed by atoms with Crippen LogP contribution in [0.1, 0.15) is 34.6 Å². The highest BCUT2D eigenvalue weighted by Gasteiger charge is 2.36. The minimum absolute atomic E-state index is 0.00815. The van der Waals surface area contributed by atoms with Crippen molar-refractivity contribution in [1.82, 2.24) is 0 Å². The third kappa shape index (κ3) is 4.09. The first kappa shape index (κ1) is 14.9. The van der Waals surface area contributed by atoms with Crippen molar-refractivity contribution in [3.05, 3.63) is 0 Å². The first-order chi connectivity index (χ1) is 6.99. The van der Waals surface area contributed by atoms with E-state index in [4.69, 9.17) is 14.6 Å². The molecule has 3 heteroatoms. The van der Waals surface area contributed by atoms with Crippen LogP contribution in [-0.4, -0.2) is 31.2 Å². The minimum Gasteiger partial charge on any atom is -0.397 e. The van der Waals surface area contributed by atoms with E-state index < -0.39 is 0 Å². The predicted octanol–water partition coefficient (Wildman–Crippen LogP) is 2.28. The van der Waals surface area contributed by atoms with Crippen LogP contribution in [0.2, 0.25) is 0 Å². The zero-order chi connectivity index (χ0) is 12.0. The van der Waals surface area contributed by atoms with Gasteiger partial charge in [0.25, 0.3) is 0 Å². The molecule has 1 heterocycles. The van der Waals surface area contributed by atoms with E-state index in [1.165, 1.54) is 0 Å². The summed E-state index contributed by atoms with van der Waals surface area (Å²) in [5.41, 5.74) is 0. The summed E-state index contributed by atoms with van der Waals surface area (Å²) in [4.78, 5) is 0. The quantitative estimate of drug-likeness (QED) is 0.734. The van der Waals surface area contributed by atoms with Gasteiger partial charge in [0.15, 0.2) is 6.29 Å². The number of hydrogen-bond acceptors (Lipinski definition) is 3. The topological polar surface area (TPSA) is 38.7 Å². The Balaban J connectivity index is 0.000000583. The standard InChI is InChI=1S/C10H20O2.C2H6O/c1-6-7(2)9(4)12-10(11-5)8(6)3;1-2-3/h6-10H,1-5H3;3H,2H2,1H3/t6-,7+,8?,9?,10+;/m1./s1. The highest BCUT2D eigenvalue weighted by molar-refractivity contribution is 4.80. The highest BCUT2D eigenvalue weighted by Crippen LogP contribution is 2.34. The SMILES string of the molecule is CCO.CO[C@H]1OC(C)[C@@H](C)[C@@H](C)C1C. The lowest BCUT2D eigenvalue weighted by atomic mass is 9.79. The van der Waals surface area contributed by atoms with E-state index in [2.05, 4.69) is 27.7 Å². The molecule has 15 heavy (non-hydrogen) atoms. The van der Waals surface area contributed by atoms with E-state index in [0.29, 0.717) is 23.9 Å². The molecule has 1 rings (SSSR count). The molecule has 1 aliphatic heterocycles. The molecule has 0 bridgehead atoms. The Hall–Kier alpha value is -0.120. The number of aliphatic hydroxyl groups is 1. The van der Waals surface area contributed by atoms with Gasteiger partial charge < -0.3 is 14.6 Å². The van der Waals surface area contributed by atoms with Crippen LogP contribution in [0.5, 0.6) is 0 Å². The fourth-order valence-corrected chi connectivity index (χ4v) is 1.88. The summed E-state index contributed by atoms with van der Waals surface area (Å²) in [7, 11) is 1.72. The average Bonchev–Trinajstić information content (AvgIpc) is 2.21. The summed E-state index contributed by atoms with van der Waals surface area (Å²) >= 11 is 0. The second kappa shape index (κ2) is 7.20. The smallest absolute Gasteiger partial charge is 0.160 e. The molecule has 1 aliphatic rings. The third-order valence-corrected chi connectivity index (χ3v) is 3.41. The molecule has 0 aromatic rings. The molecule has 92 valence electrons. The molecule has 5 atom stereocenters. The van der Waals surface area contributed by atoms with Gasteiger partial charge in [-0.1, -0.05) is 20.8 Å². The van der Waals surface area contributed by atoms with Crippen LogP contribution < -0.4 is 0 Å². The normalized spacial score (nSPS) is 40.6. The molecule has 0 amide bonds. The Morgan fingerprint density at radius 2 is 1.53 bits per heavy atom. The van der Waals surface area contributed by atoms with Gasteiger partial charge in [0.1, 0.15) is 0 Å². The van der Waals surface area contributed by atoms with Crippen molar-refractivity contribution in [3.63, 3.8) is 0 Å². The second-order valence-corrected chi connectivity index (χ2v) is 4.34. The fraction of sp³-hybridized carbons (Fsp3) is 1.00. The van der Waals surface area contributed by atoms with Gasteiger partial charge in [0, 0.05) is 19.6 Å². The number of hydrogen-bond donors (Lipinski definition) is 1. The van der Waals surface area contributed by atoms with Crippen molar-refractivity contribution in [3.8, 4) is 0 Å². The van der Waals surface area contributed by atoms with Crippen LogP contribution in [0.4, 0.5) is 0 Å². The Morgan fingerprint density at radius 1 is 1.07 bits per heavy atom. The number of ether oxygens (including phenoxy) is 2. The number of aliphatic hydroxyl groups excluding tert-OH is 1. The van der Waals surface area contributed by atoms with E-state index >= 15 is 0 Å². The third-order valence-electron chi connectivity index (χ3n) is 3.41. The van der Waals surface area contributed by atoms with Crippen molar-refractivity contribution in [2.24, 2.45) is 17.8 Å². The fourth-order valence-electron chi connectivity index (χ4n) is 1.88. The summed E-state index contributed by atoms with van der Waals surface area (Å²) < 4.78 is 11.0. The predicted molar refractivity (Wildman–Crippen MR) is 61.6 cm³/mol. The van der Waals surface area contributed by atoms with Crippen LogP contribution in [0.3, 0.4) is 0 Å². The van der Waals surface area contributed by atoms with Crippen LogP contribution >= 0.6 is 0 Å². The first-order valence-electron chi connectivity index (χ1n) is 5.78. The van der Waals surface area contributed by atoms with Gasteiger partial charge in [-0.25, -0.2) is 0 Å². The van der Waals surface area contributed by atoms with Gasteiger partial charge in [-0.15, -0.1) is 0 Å². The van der Waals surface area contributed by atoms with Gasteiger partial charge in [-0.05, 0) is 25.7 Å². The molecule has 3 nitrogen and oxygen atoms in total. The maximum Gasteiger partial charge on any atom is 0.160 e. The van der Waals surface area contributed by atoms with Crippen molar-refractivity contribution < 1.29 is 14.6 Å². The van der Waals surface area contributed by atoms with Gasteiger partial charge in [0.05, 0.1) is 6.10 Å². The molecular formula is C12H26O3. The molecule has 1 N–H and O–H groups in total. The zero-order valence-electron chi connectivity index (χ0n) is 10.9. The van der Waals surface area contributed by atoms with E-state index in [0.717, 1.165) is 0 Å². The average molecular weight is 218 g/mol. The van der Waals surface area contributed by atoms with Crippen LogP contribution in [0, 0.1) is 17.8 Å². The minimum atomic E-state index is -0.00815. The lowest BCUT2D eigenvalue weighted by Crippen LogP contribution is -2.44. The number of rotatable bonds is 1.